The molecule has 0 saturated carbocycles. The van der Waals surface area contributed by atoms with Gasteiger partial charge in [-0.1, -0.05) is 43.7 Å². The van der Waals surface area contributed by atoms with Crippen LogP contribution >= 0.6 is 0 Å². The second kappa shape index (κ2) is 8.70. The molecule has 2 N–H and O–H groups in total. The smallest absolute Gasteiger partial charge is 0.303 e. The van der Waals surface area contributed by atoms with Crippen molar-refractivity contribution in [1.29, 1.82) is 0 Å². The van der Waals surface area contributed by atoms with E-state index in [1.165, 1.54) is 5.56 Å². The molecule has 100 valence electrons. The summed E-state index contributed by atoms with van der Waals surface area (Å²) in [5.74, 6) is -0.696. The maximum atomic E-state index is 10.4. The molecule has 1 unspecified atom stereocenters. The Kier molecular flexibility index (Phi) is 7.11. The highest BCUT2D eigenvalue weighted by Crippen LogP contribution is 2.15. The molecule has 18 heavy (non-hydrogen) atoms. The topological polar surface area (TPSA) is 49.3 Å². The average molecular weight is 249 g/mol. The van der Waals surface area contributed by atoms with E-state index in [-0.39, 0.29) is 6.42 Å². The molecule has 1 aromatic carbocycles. The Morgan fingerprint density at radius 3 is 2.56 bits per heavy atom. The lowest BCUT2D eigenvalue weighted by Gasteiger charge is -2.17. The Bertz CT molecular complexity index is 338. The van der Waals surface area contributed by atoms with E-state index in [4.69, 9.17) is 5.11 Å². The SMILES string of the molecule is CCC(NCCCCCC(=O)O)c1ccccc1. The fourth-order valence-electron chi connectivity index (χ4n) is 2.04. The summed E-state index contributed by atoms with van der Waals surface area (Å²) in [5, 5.41) is 12.1. The first-order valence-electron chi connectivity index (χ1n) is 6.74. The maximum absolute atomic E-state index is 10.4. The number of carboxylic acid groups (broad SMARTS) is 1. The van der Waals surface area contributed by atoms with Crippen molar-refractivity contribution < 1.29 is 9.90 Å². The first kappa shape index (κ1) is 14.7. The molecule has 3 nitrogen and oxygen atoms in total. The summed E-state index contributed by atoms with van der Waals surface area (Å²) in [6, 6.07) is 10.9. The Hall–Kier alpha value is -1.35. The monoisotopic (exact) mass is 249 g/mol. The van der Waals surface area contributed by atoms with Crippen molar-refractivity contribution in [2.75, 3.05) is 6.54 Å². The molecule has 3 heteroatoms. The first-order valence-corrected chi connectivity index (χ1v) is 6.74. The van der Waals surface area contributed by atoms with Gasteiger partial charge in [0, 0.05) is 12.5 Å². The van der Waals surface area contributed by atoms with Gasteiger partial charge in [0.05, 0.1) is 0 Å². The highest BCUT2D eigenvalue weighted by molar-refractivity contribution is 5.66. The molecule has 0 aliphatic carbocycles. The molecule has 0 spiro atoms. The number of hydrogen-bond acceptors (Lipinski definition) is 2. The third kappa shape index (κ3) is 5.82. The molecule has 1 aromatic rings. The molecular formula is C15H23NO2. The first-order chi connectivity index (χ1) is 8.74. The molecule has 0 saturated heterocycles. The Morgan fingerprint density at radius 2 is 1.94 bits per heavy atom. The van der Waals surface area contributed by atoms with Crippen LogP contribution in [0.1, 0.15) is 50.6 Å². The quantitative estimate of drug-likeness (QED) is 0.660. The van der Waals surface area contributed by atoms with Gasteiger partial charge in [0.2, 0.25) is 0 Å². The minimum atomic E-state index is -0.696. The Balaban J connectivity index is 2.19. The van der Waals surface area contributed by atoms with Gasteiger partial charge in [0.15, 0.2) is 0 Å². The van der Waals surface area contributed by atoms with Crippen LogP contribution in [0.3, 0.4) is 0 Å². The molecule has 0 heterocycles. The summed E-state index contributed by atoms with van der Waals surface area (Å²) in [6.07, 6.45) is 4.15. The normalized spacial score (nSPS) is 12.3. The van der Waals surface area contributed by atoms with Crippen molar-refractivity contribution in [3.05, 3.63) is 35.9 Å². The van der Waals surface area contributed by atoms with E-state index in [9.17, 15) is 4.79 Å². The van der Waals surface area contributed by atoms with Crippen LogP contribution in [0.4, 0.5) is 0 Å². The number of carboxylic acids is 1. The number of carbonyl (C=O) groups is 1. The Labute approximate surface area is 109 Å². The molecule has 0 bridgehead atoms. The summed E-state index contributed by atoms with van der Waals surface area (Å²) in [5.41, 5.74) is 1.32. The van der Waals surface area contributed by atoms with Crippen molar-refractivity contribution in [1.82, 2.24) is 5.32 Å². The zero-order chi connectivity index (χ0) is 13.2. The molecule has 0 fully saturated rings. The van der Waals surface area contributed by atoms with E-state index in [0.29, 0.717) is 6.04 Å². The number of aliphatic carboxylic acids is 1. The van der Waals surface area contributed by atoms with Gasteiger partial charge in [-0.05, 0) is 31.4 Å². The number of unbranched alkanes of at least 4 members (excludes halogenated alkanes) is 2. The second-order valence-corrected chi connectivity index (χ2v) is 4.53. The van der Waals surface area contributed by atoms with Crippen molar-refractivity contribution in [3.63, 3.8) is 0 Å². The number of benzene rings is 1. The zero-order valence-electron chi connectivity index (χ0n) is 11.1. The van der Waals surface area contributed by atoms with Crippen LogP contribution in [0.25, 0.3) is 0 Å². The van der Waals surface area contributed by atoms with Gasteiger partial charge in [-0.15, -0.1) is 0 Å². The largest absolute Gasteiger partial charge is 0.481 e. The molecule has 0 aliphatic heterocycles. The standard InChI is InChI=1S/C15H23NO2/c1-2-14(13-9-5-3-6-10-13)16-12-8-4-7-11-15(17)18/h3,5-6,9-10,14,16H,2,4,7-8,11-12H2,1H3,(H,17,18). The summed E-state index contributed by atoms with van der Waals surface area (Å²) in [4.78, 5) is 10.4. The molecule has 0 aliphatic rings. The van der Waals surface area contributed by atoms with Crippen molar-refractivity contribution in [2.24, 2.45) is 0 Å². The van der Waals surface area contributed by atoms with Gasteiger partial charge in [-0.2, -0.15) is 0 Å². The predicted octanol–water partition coefficient (Wildman–Crippen LogP) is 3.37. The molecule has 0 amide bonds. The van der Waals surface area contributed by atoms with Crippen LogP contribution in [0.2, 0.25) is 0 Å². The summed E-state index contributed by atoms with van der Waals surface area (Å²) >= 11 is 0. The third-order valence-corrected chi connectivity index (χ3v) is 3.07. The minimum Gasteiger partial charge on any atom is -0.481 e. The number of hydrogen-bond donors (Lipinski definition) is 2. The average Bonchev–Trinajstić information content (AvgIpc) is 2.38. The highest BCUT2D eigenvalue weighted by atomic mass is 16.4. The van der Waals surface area contributed by atoms with E-state index in [1.54, 1.807) is 0 Å². The second-order valence-electron chi connectivity index (χ2n) is 4.53. The highest BCUT2D eigenvalue weighted by Gasteiger charge is 2.06. The van der Waals surface area contributed by atoms with Gasteiger partial charge in [0.1, 0.15) is 0 Å². The minimum absolute atomic E-state index is 0.288. The lowest BCUT2D eigenvalue weighted by Crippen LogP contribution is -2.21. The van der Waals surface area contributed by atoms with E-state index >= 15 is 0 Å². The van der Waals surface area contributed by atoms with E-state index < -0.39 is 5.97 Å². The van der Waals surface area contributed by atoms with Crippen molar-refractivity contribution in [3.8, 4) is 0 Å². The molecule has 1 rings (SSSR count). The molecular weight excluding hydrogens is 226 g/mol. The van der Waals surface area contributed by atoms with Gasteiger partial charge in [-0.3, -0.25) is 4.79 Å². The summed E-state index contributed by atoms with van der Waals surface area (Å²) < 4.78 is 0. The molecule has 0 radical (unpaired) electrons. The van der Waals surface area contributed by atoms with Crippen LogP contribution in [-0.4, -0.2) is 17.6 Å². The zero-order valence-corrected chi connectivity index (χ0v) is 11.1. The van der Waals surface area contributed by atoms with E-state index in [0.717, 1.165) is 32.2 Å². The van der Waals surface area contributed by atoms with Crippen LogP contribution < -0.4 is 5.32 Å². The van der Waals surface area contributed by atoms with Crippen LogP contribution in [0.5, 0.6) is 0 Å². The fourth-order valence-corrected chi connectivity index (χ4v) is 2.04. The van der Waals surface area contributed by atoms with Gasteiger partial charge in [-0.25, -0.2) is 0 Å². The molecule has 0 aromatic heterocycles. The lowest BCUT2D eigenvalue weighted by atomic mass is 10.0. The summed E-state index contributed by atoms with van der Waals surface area (Å²) in [6.45, 7) is 3.13. The van der Waals surface area contributed by atoms with Gasteiger partial charge < -0.3 is 10.4 Å². The summed E-state index contributed by atoms with van der Waals surface area (Å²) in [7, 11) is 0. The predicted molar refractivity (Wildman–Crippen MR) is 73.6 cm³/mol. The fraction of sp³-hybridized carbons (Fsp3) is 0.533. The van der Waals surface area contributed by atoms with Gasteiger partial charge >= 0.3 is 5.97 Å². The third-order valence-electron chi connectivity index (χ3n) is 3.07. The van der Waals surface area contributed by atoms with Gasteiger partial charge in [0.25, 0.3) is 0 Å². The maximum Gasteiger partial charge on any atom is 0.303 e. The number of rotatable bonds is 9. The van der Waals surface area contributed by atoms with Crippen LogP contribution in [0, 0.1) is 0 Å². The van der Waals surface area contributed by atoms with E-state index in [2.05, 4.69) is 36.5 Å². The molecule has 1 atom stereocenters. The van der Waals surface area contributed by atoms with E-state index in [1.807, 2.05) is 6.07 Å². The van der Waals surface area contributed by atoms with Crippen molar-refractivity contribution in [2.45, 2.75) is 45.1 Å². The number of nitrogens with one attached hydrogen (secondary N) is 1. The Morgan fingerprint density at radius 1 is 1.22 bits per heavy atom. The lowest BCUT2D eigenvalue weighted by molar-refractivity contribution is -0.137. The van der Waals surface area contributed by atoms with Crippen LogP contribution in [0.15, 0.2) is 30.3 Å². The van der Waals surface area contributed by atoms with Crippen molar-refractivity contribution >= 4 is 5.97 Å². The van der Waals surface area contributed by atoms with Crippen LogP contribution in [-0.2, 0) is 4.79 Å².